The van der Waals surface area contributed by atoms with E-state index in [2.05, 4.69) is 17.1 Å². The molecule has 1 fully saturated rings. The van der Waals surface area contributed by atoms with Crippen LogP contribution in [0.1, 0.15) is 30.1 Å². The van der Waals surface area contributed by atoms with Crippen LogP contribution in [0.4, 0.5) is 11.4 Å². The zero-order chi connectivity index (χ0) is 12.7. The molecule has 0 radical (unpaired) electrons. The Morgan fingerprint density at radius 1 is 1.44 bits per heavy atom. The molecule has 4 heteroatoms. The summed E-state index contributed by atoms with van der Waals surface area (Å²) in [5, 5.41) is 3.44. The molecule has 0 aromatic heterocycles. The molecule has 1 aromatic carbocycles. The molecule has 2 aliphatic rings. The zero-order valence-corrected chi connectivity index (χ0v) is 10.8. The van der Waals surface area contributed by atoms with E-state index < -0.39 is 0 Å². The lowest BCUT2D eigenvalue weighted by Crippen LogP contribution is -2.41. The fourth-order valence-corrected chi connectivity index (χ4v) is 2.58. The van der Waals surface area contributed by atoms with E-state index in [0.717, 1.165) is 12.2 Å². The number of hydrogen-bond acceptors (Lipinski definition) is 4. The van der Waals surface area contributed by atoms with Gasteiger partial charge in [-0.15, -0.1) is 0 Å². The second-order valence-corrected chi connectivity index (χ2v) is 5.15. The van der Waals surface area contributed by atoms with Crippen molar-refractivity contribution in [2.45, 2.75) is 31.8 Å². The first-order chi connectivity index (χ1) is 8.69. The van der Waals surface area contributed by atoms with Crippen LogP contribution in [0.25, 0.3) is 0 Å². The molecule has 18 heavy (non-hydrogen) atoms. The third-order valence-corrected chi connectivity index (χ3v) is 3.59. The summed E-state index contributed by atoms with van der Waals surface area (Å²) in [6.45, 7) is 3.21. The Balaban J connectivity index is 1.96. The van der Waals surface area contributed by atoms with Crippen LogP contribution in [0, 0.1) is 0 Å². The standard InChI is InChI=1S/C14H18N2O2/c1-9-8-16(11-4-5-11)13-6-3-10(14(17)18-2)7-12(13)15-9/h3,6-7,9,11,15H,4-5,8H2,1-2H3. The van der Waals surface area contributed by atoms with Crippen molar-refractivity contribution in [1.29, 1.82) is 0 Å². The number of nitrogens with one attached hydrogen (secondary N) is 1. The van der Waals surface area contributed by atoms with Gasteiger partial charge in [-0.3, -0.25) is 0 Å². The summed E-state index contributed by atoms with van der Waals surface area (Å²) in [5.74, 6) is -0.282. The molecule has 1 unspecified atom stereocenters. The fraction of sp³-hybridized carbons (Fsp3) is 0.500. The van der Waals surface area contributed by atoms with Gasteiger partial charge < -0.3 is 15.0 Å². The highest BCUT2D eigenvalue weighted by Gasteiger charge is 2.34. The molecule has 1 aliphatic carbocycles. The minimum absolute atomic E-state index is 0.282. The van der Waals surface area contributed by atoms with E-state index in [0.29, 0.717) is 17.6 Å². The topological polar surface area (TPSA) is 41.6 Å². The Morgan fingerprint density at radius 3 is 2.89 bits per heavy atom. The summed E-state index contributed by atoms with van der Waals surface area (Å²) in [5.41, 5.74) is 2.86. The van der Waals surface area contributed by atoms with Gasteiger partial charge in [-0.25, -0.2) is 4.79 Å². The summed E-state index contributed by atoms with van der Waals surface area (Å²) in [4.78, 5) is 14.0. The SMILES string of the molecule is COC(=O)c1ccc2c(c1)NC(C)CN2C1CC1. The number of esters is 1. The molecular weight excluding hydrogens is 228 g/mol. The largest absolute Gasteiger partial charge is 0.465 e. The zero-order valence-electron chi connectivity index (χ0n) is 10.8. The van der Waals surface area contributed by atoms with Gasteiger partial charge >= 0.3 is 5.97 Å². The van der Waals surface area contributed by atoms with E-state index in [1.165, 1.54) is 25.6 Å². The minimum atomic E-state index is -0.282. The highest BCUT2D eigenvalue weighted by atomic mass is 16.5. The van der Waals surface area contributed by atoms with Gasteiger partial charge in [-0.1, -0.05) is 0 Å². The van der Waals surface area contributed by atoms with Crippen LogP contribution in [-0.4, -0.2) is 31.7 Å². The number of carbonyl (C=O) groups excluding carboxylic acids is 1. The van der Waals surface area contributed by atoms with Gasteiger partial charge in [0.2, 0.25) is 0 Å². The molecule has 1 saturated carbocycles. The van der Waals surface area contributed by atoms with Gasteiger partial charge in [-0.05, 0) is 38.0 Å². The first kappa shape index (κ1) is 11.4. The van der Waals surface area contributed by atoms with Crippen LogP contribution in [0.2, 0.25) is 0 Å². The summed E-state index contributed by atoms with van der Waals surface area (Å²) in [6, 6.07) is 6.87. The summed E-state index contributed by atoms with van der Waals surface area (Å²) in [6.07, 6.45) is 2.57. The molecule has 96 valence electrons. The van der Waals surface area contributed by atoms with E-state index >= 15 is 0 Å². The van der Waals surface area contributed by atoms with Crippen molar-refractivity contribution in [3.63, 3.8) is 0 Å². The maximum absolute atomic E-state index is 11.5. The number of hydrogen-bond donors (Lipinski definition) is 1. The lowest BCUT2D eigenvalue weighted by Gasteiger charge is -2.36. The van der Waals surface area contributed by atoms with E-state index in [9.17, 15) is 4.79 Å². The Bertz CT molecular complexity index is 483. The molecule has 0 bridgehead atoms. The molecule has 0 saturated heterocycles. The second-order valence-electron chi connectivity index (χ2n) is 5.15. The van der Waals surface area contributed by atoms with Crippen LogP contribution >= 0.6 is 0 Å². The maximum Gasteiger partial charge on any atom is 0.337 e. The van der Waals surface area contributed by atoms with Crippen molar-refractivity contribution in [1.82, 2.24) is 0 Å². The van der Waals surface area contributed by atoms with Gasteiger partial charge in [0.05, 0.1) is 24.0 Å². The average Bonchev–Trinajstić information content (AvgIpc) is 3.20. The third kappa shape index (κ3) is 1.92. The molecule has 1 heterocycles. The van der Waals surface area contributed by atoms with Crippen LogP contribution in [-0.2, 0) is 4.74 Å². The van der Waals surface area contributed by atoms with Gasteiger partial charge in [0.25, 0.3) is 0 Å². The molecule has 4 nitrogen and oxygen atoms in total. The molecule has 1 aromatic rings. The van der Waals surface area contributed by atoms with Crippen LogP contribution in [0.15, 0.2) is 18.2 Å². The monoisotopic (exact) mass is 246 g/mol. The number of nitrogens with zero attached hydrogens (tertiary/aromatic N) is 1. The third-order valence-electron chi connectivity index (χ3n) is 3.59. The highest BCUT2D eigenvalue weighted by molar-refractivity contribution is 5.92. The summed E-state index contributed by atoms with van der Waals surface area (Å²) >= 11 is 0. The van der Waals surface area contributed by atoms with E-state index in [1.54, 1.807) is 0 Å². The number of fused-ring (bicyclic) bond motifs is 1. The Hall–Kier alpha value is -1.71. The van der Waals surface area contributed by atoms with Crippen molar-refractivity contribution < 1.29 is 9.53 Å². The van der Waals surface area contributed by atoms with Crippen LogP contribution in [0.3, 0.4) is 0 Å². The Labute approximate surface area is 107 Å². The number of benzene rings is 1. The highest BCUT2D eigenvalue weighted by Crippen LogP contribution is 2.39. The predicted molar refractivity (Wildman–Crippen MR) is 71.2 cm³/mol. The Kier molecular flexibility index (Phi) is 2.65. The summed E-state index contributed by atoms with van der Waals surface area (Å²) < 4.78 is 4.76. The minimum Gasteiger partial charge on any atom is -0.465 e. The van der Waals surface area contributed by atoms with Crippen LogP contribution < -0.4 is 10.2 Å². The molecule has 1 aliphatic heterocycles. The van der Waals surface area contributed by atoms with Gasteiger partial charge in [0.1, 0.15) is 0 Å². The summed E-state index contributed by atoms with van der Waals surface area (Å²) in [7, 11) is 1.41. The van der Waals surface area contributed by atoms with Gasteiger partial charge in [0, 0.05) is 18.6 Å². The molecule has 3 rings (SSSR count). The van der Waals surface area contributed by atoms with Crippen LogP contribution in [0.5, 0.6) is 0 Å². The van der Waals surface area contributed by atoms with E-state index in [4.69, 9.17) is 4.74 Å². The maximum atomic E-state index is 11.5. The Morgan fingerprint density at radius 2 is 2.22 bits per heavy atom. The molecular formula is C14H18N2O2. The average molecular weight is 246 g/mol. The molecule has 0 amide bonds. The smallest absolute Gasteiger partial charge is 0.337 e. The van der Waals surface area contributed by atoms with Crippen molar-refractivity contribution >= 4 is 17.3 Å². The number of methoxy groups -OCH3 is 1. The lowest BCUT2D eigenvalue weighted by molar-refractivity contribution is 0.0601. The molecule has 1 N–H and O–H groups in total. The van der Waals surface area contributed by atoms with Crippen molar-refractivity contribution in [3.8, 4) is 0 Å². The predicted octanol–water partition coefficient (Wildman–Crippen LogP) is 2.26. The number of anilines is 2. The van der Waals surface area contributed by atoms with E-state index in [1.807, 2.05) is 18.2 Å². The first-order valence-corrected chi connectivity index (χ1v) is 6.44. The molecule has 1 atom stereocenters. The van der Waals surface area contributed by atoms with Gasteiger partial charge in [0.15, 0.2) is 0 Å². The molecule has 0 spiro atoms. The first-order valence-electron chi connectivity index (χ1n) is 6.44. The fourth-order valence-electron chi connectivity index (χ4n) is 2.58. The normalized spacial score (nSPS) is 22.1. The lowest BCUT2D eigenvalue weighted by atomic mass is 10.1. The van der Waals surface area contributed by atoms with Crippen molar-refractivity contribution in [3.05, 3.63) is 23.8 Å². The second kappa shape index (κ2) is 4.19. The van der Waals surface area contributed by atoms with Gasteiger partial charge in [-0.2, -0.15) is 0 Å². The number of ether oxygens (including phenoxy) is 1. The van der Waals surface area contributed by atoms with Crippen molar-refractivity contribution in [2.24, 2.45) is 0 Å². The van der Waals surface area contributed by atoms with Crippen molar-refractivity contribution in [2.75, 3.05) is 23.9 Å². The number of rotatable bonds is 2. The number of carbonyl (C=O) groups is 1. The quantitative estimate of drug-likeness (QED) is 0.813. The van der Waals surface area contributed by atoms with E-state index in [-0.39, 0.29) is 5.97 Å².